The van der Waals surface area contributed by atoms with E-state index in [1.54, 1.807) is 0 Å². The first kappa shape index (κ1) is 12.8. The van der Waals surface area contributed by atoms with Gasteiger partial charge in [-0.3, -0.25) is 4.79 Å². The molecule has 88 valence electrons. The van der Waals surface area contributed by atoms with Crippen molar-refractivity contribution < 1.29 is 4.79 Å². The van der Waals surface area contributed by atoms with Gasteiger partial charge < -0.3 is 10.6 Å². The van der Waals surface area contributed by atoms with Crippen LogP contribution in [0.1, 0.15) is 33.1 Å². The Labute approximate surface area is 96.8 Å². The number of rotatable bonds is 6. The maximum atomic E-state index is 11.7. The first-order valence-corrected chi connectivity index (χ1v) is 7.01. The predicted molar refractivity (Wildman–Crippen MR) is 66.2 cm³/mol. The van der Waals surface area contributed by atoms with Gasteiger partial charge in [-0.25, -0.2) is 0 Å². The summed E-state index contributed by atoms with van der Waals surface area (Å²) in [7, 11) is 0. The topological polar surface area (TPSA) is 41.1 Å². The monoisotopic (exact) mass is 230 g/mol. The Balaban J connectivity index is 2.13. The van der Waals surface area contributed by atoms with Crippen molar-refractivity contribution >= 4 is 17.7 Å². The van der Waals surface area contributed by atoms with Gasteiger partial charge in [0.1, 0.15) is 0 Å². The lowest BCUT2D eigenvalue weighted by Gasteiger charge is -2.16. The predicted octanol–water partition coefficient (Wildman–Crippen LogP) is 1.39. The SMILES string of the molecule is CCSCCC(C)NC(=O)[C@H]1CCCN1. The Morgan fingerprint density at radius 3 is 3.07 bits per heavy atom. The molecule has 0 aliphatic carbocycles. The number of hydrogen-bond acceptors (Lipinski definition) is 3. The van der Waals surface area contributed by atoms with Crippen LogP contribution in [0.3, 0.4) is 0 Å². The van der Waals surface area contributed by atoms with Crippen molar-refractivity contribution in [1.29, 1.82) is 0 Å². The van der Waals surface area contributed by atoms with Crippen LogP contribution < -0.4 is 10.6 Å². The van der Waals surface area contributed by atoms with Crippen LogP contribution in [0, 0.1) is 0 Å². The van der Waals surface area contributed by atoms with Crippen LogP contribution in [-0.4, -0.2) is 36.0 Å². The van der Waals surface area contributed by atoms with Crippen molar-refractivity contribution in [3.05, 3.63) is 0 Å². The lowest BCUT2D eigenvalue weighted by molar-refractivity contribution is -0.123. The first-order chi connectivity index (χ1) is 7.24. The molecule has 0 aromatic heterocycles. The molecule has 1 saturated heterocycles. The van der Waals surface area contributed by atoms with Crippen LogP contribution in [-0.2, 0) is 4.79 Å². The van der Waals surface area contributed by atoms with E-state index in [4.69, 9.17) is 0 Å². The van der Waals surface area contributed by atoms with E-state index in [-0.39, 0.29) is 11.9 Å². The van der Waals surface area contributed by atoms with Gasteiger partial charge in [0.2, 0.25) is 5.91 Å². The second-order valence-electron chi connectivity index (χ2n) is 4.04. The highest BCUT2D eigenvalue weighted by Crippen LogP contribution is 2.07. The maximum Gasteiger partial charge on any atom is 0.237 e. The van der Waals surface area contributed by atoms with Gasteiger partial charge in [0.05, 0.1) is 6.04 Å². The van der Waals surface area contributed by atoms with Gasteiger partial charge in [-0.1, -0.05) is 6.92 Å². The molecule has 4 heteroatoms. The summed E-state index contributed by atoms with van der Waals surface area (Å²) in [4.78, 5) is 11.7. The minimum absolute atomic E-state index is 0.0614. The van der Waals surface area contributed by atoms with Crippen LogP contribution in [0.5, 0.6) is 0 Å². The van der Waals surface area contributed by atoms with Crippen LogP contribution in [0.15, 0.2) is 0 Å². The standard InChI is InChI=1S/C11H22N2OS/c1-3-15-8-6-9(2)13-11(14)10-5-4-7-12-10/h9-10,12H,3-8H2,1-2H3,(H,13,14)/t9?,10-/m1/s1. The van der Waals surface area contributed by atoms with Crippen molar-refractivity contribution in [3.8, 4) is 0 Å². The molecule has 2 N–H and O–H groups in total. The second-order valence-corrected chi connectivity index (χ2v) is 5.44. The summed E-state index contributed by atoms with van der Waals surface area (Å²) in [6.45, 7) is 5.23. The Kier molecular flexibility index (Phi) is 6.10. The fraction of sp³-hybridized carbons (Fsp3) is 0.909. The molecule has 1 heterocycles. The number of carbonyl (C=O) groups excluding carboxylic acids is 1. The van der Waals surface area contributed by atoms with E-state index in [1.807, 2.05) is 11.8 Å². The first-order valence-electron chi connectivity index (χ1n) is 5.85. The van der Waals surface area contributed by atoms with Gasteiger partial charge >= 0.3 is 0 Å². The lowest BCUT2D eigenvalue weighted by Crippen LogP contribution is -2.44. The van der Waals surface area contributed by atoms with Crippen molar-refractivity contribution in [2.45, 2.75) is 45.2 Å². The average Bonchev–Trinajstić information content (AvgIpc) is 2.70. The molecule has 0 radical (unpaired) electrons. The second kappa shape index (κ2) is 7.12. The zero-order valence-electron chi connectivity index (χ0n) is 9.71. The molecule has 0 spiro atoms. The van der Waals surface area contributed by atoms with Gasteiger partial charge in [-0.05, 0) is 44.2 Å². The minimum atomic E-state index is 0.0614. The molecular formula is C11H22N2OS. The minimum Gasteiger partial charge on any atom is -0.352 e. The quantitative estimate of drug-likeness (QED) is 0.678. The van der Waals surface area contributed by atoms with Crippen molar-refractivity contribution in [3.63, 3.8) is 0 Å². The molecule has 15 heavy (non-hydrogen) atoms. The molecular weight excluding hydrogens is 208 g/mol. The molecule has 0 aromatic rings. The Hall–Kier alpha value is -0.220. The van der Waals surface area contributed by atoms with Crippen LogP contribution in [0.25, 0.3) is 0 Å². The summed E-state index contributed by atoms with van der Waals surface area (Å²) in [5.41, 5.74) is 0. The highest BCUT2D eigenvalue weighted by atomic mass is 32.2. The molecule has 0 saturated carbocycles. The summed E-state index contributed by atoms with van der Waals surface area (Å²) in [5.74, 6) is 2.47. The molecule has 1 amide bonds. The van der Waals surface area contributed by atoms with Gasteiger partial charge in [0.25, 0.3) is 0 Å². The molecule has 0 aromatic carbocycles. The number of carbonyl (C=O) groups is 1. The molecule has 3 nitrogen and oxygen atoms in total. The molecule has 1 aliphatic heterocycles. The highest BCUT2D eigenvalue weighted by Gasteiger charge is 2.22. The van der Waals surface area contributed by atoms with Gasteiger partial charge in [-0.15, -0.1) is 0 Å². The molecule has 1 fully saturated rings. The van der Waals surface area contributed by atoms with E-state index >= 15 is 0 Å². The summed E-state index contributed by atoms with van der Waals surface area (Å²) in [6.07, 6.45) is 3.18. The third-order valence-corrected chi connectivity index (χ3v) is 3.60. The van der Waals surface area contributed by atoms with Crippen molar-refractivity contribution in [2.75, 3.05) is 18.1 Å². The average molecular weight is 230 g/mol. The number of nitrogens with one attached hydrogen (secondary N) is 2. The van der Waals surface area contributed by atoms with Gasteiger partial charge in [0, 0.05) is 6.04 Å². The Morgan fingerprint density at radius 1 is 1.67 bits per heavy atom. The lowest BCUT2D eigenvalue weighted by atomic mass is 10.2. The molecule has 2 atom stereocenters. The van der Waals surface area contributed by atoms with Crippen LogP contribution >= 0.6 is 11.8 Å². The third-order valence-electron chi connectivity index (χ3n) is 2.66. The third kappa shape index (κ3) is 4.89. The molecule has 0 bridgehead atoms. The number of thioether (sulfide) groups is 1. The zero-order chi connectivity index (χ0) is 11.1. The number of amides is 1. The summed E-state index contributed by atoms with van der Waals surface area (Å²) < 4.78 is 0. The van der Waals surface area contributed by atoms with E-state index in [1.165, 1.54) is 0 Å². The van der Waals surface area contributed by atoms with Crippen LogP contribution in [0.4, 0.5) is 0 Å². The molecule has 1 rings (SSSR count). The Bertz CT molecular complexity index is 193. The van der Waals surface area contributed by atoms with E-state index < -0.39 is 0 Å². The van der Waals surface area contributed by atoms with Crippen molar-refractivity contribution in [2.24, 2.45) is 0 Å². The fourth-order valence-electron chi connectivity index (χ4n) is 1.73. The van der Waals surface area contributed by atoms with Crippen molar-refractivity contribution in [1.82, 2.24) is 10.6 Å². The summed E-state index contributed by atoms with van der Waals surface area (Å²) in [5, 5.41) is 6.28. The van der Waals surface area contributed by atoms with E-state index in [0.717, 1.165) is 37.3 Å². The van der Waals surface area contributed by atoms with Gasteiger partial charge in [-0.2, -0.15) is 11.8 Å². The maximum absolute atomic E-state index is 11.7. The van der Waals surface area contributed by atoms with E-state index in [9.17, 15) is 4.79 Å². The summed E-state index contributed by atoms with van der Waals surface area (Å²) in [6, 6.07) is 0.366. The highest BCUT2D eigenvalue weighted by molar-refractivity contribution is 7.99. The van der Waals surface area contributed by atoms with Gasteiger partial charge in [0.15, 0.2) is 0 Å². The number of hydrogen-bond donors (Lipinski definition) is 2. The zero-order valence-corrected chi connectivity index (χ0v) is 10.5. The molecule has 1 unspecified atom stereocenters. The van der Waals surface area contributed by atoms with E-state index in [0.29, 0.717) is 6.04 Å². The Morgan fingerprint density at radius 2 is 2.47 bits per heavy atom. The van der Waals surface area contributed by atoms with E-state index in [2.05, 4.69) is 24.5 Å². The largest absolute Gasteiger partial charge is 0.352 e. The molecule has 1 aliphatic rings. The normalized spacial score (nSPS) is 22.7. The summed E-state index contributed by atoms with van der Waals surface area (Å²) >= 11 is 1.93. The smallest absolute Gasteiger partial charge is 0.237 e. The fourth-order valence-corrected chi connectivity index (χ4v) is 2.54. The van der Waals surface area contributed by atoms with Crippen LogP contribution in [0.2, 0.25) is 0 Å².